The van der Waals surface area contributed by atoms with Crippen molar-refractivity contribution in [3.05, 3.63) is 69.7 Å². The summed E-state index contributed by atoms with van der Waals surface area (Å²) in [5.74, 6) is 0.186. The topological polar surface area (TPSA) is 43.8 Å². The largest absolute Gasteiger partial charge is 0.465 e. The molecule has 0 saturated carbocycles. The molecule has 6 heteroatoms. The van der Waals surface area contributed by atoms with Gasteiger partial charge < -0.3 is 10.0 Å². The minimum absolute atomic E-state index is 0.186. The van der Waals surface area contributed by atoms with Crippen LogP contribution in [0.5, 0.6) is 0 Å². The highest BCUT2D eigenvalue weighted by atomic mass is 35.5. The van der Waals surface area contributed by atoms with Gasteiger partial charge in [-0.15, -0.1) is 0 Å². The van der Waals surface area contributed by atoms with Crippen LogP contribution in [0, 0.1) is 0 Å². The fourth-order valence-corrected chi connectivity index (χ4v) is 3.43. The lowest BCUT2D eigenvalue weighted by Crippen LogP contribution is -2.49. The fourth-order valence-electron chi connectivity index (χ4n) is 3.17. The number of rotatable bonds is 4. The molecule has 1 heterocycles. The summed E-state index contributed by atoms with van der Waals surface area (Å²) in [6, 6.07) is 15.8. The Morgan fingerprint density at radius 1 is 0.880 bits per heavy atom. The first-order valence-electron chi connectivity index (χ1n) is 8.24. The van der Waals surface area contributed by atoms with E-state index in [9.17, 15) is 4.79 Å². The summed E-state index contributed by atoms with van der Waals surface area (Å²) < 4.78 is 0. The Kier molecular flexibility index (Phi) is 5.84. The van der Waals surface area contributed by atoms with Crippen LogP contribution in [0.1, 0.15) is 17.0 Å². The maximum atomic E-state index is 11.1. The first kappa shape index (κ1) is 18.1. The lowest BCUT2D eigenvalue weighted by Gasteiger charge is -2.35. The van der Waals surface area contributed by atoms with E-state index in [4.69, 9.17) is 28.3 Å². The van der Waals surface area contributed by atoms with Crippen LogP contribution in [0.25, 0.3) is 0 Å². The van der Waals surface area contributed by atoms with Crippen LogP contribution in [0.15, 0.2) is 48.5 Å². The summed E-state index contributed by atoms with van der Waals surface area (Å²) in [4.78, 5) is 14.9. The summed E-state index contributed by atoms with van der Waals surface area (Å²) in [5, 5.41) is 10.5. The van der Waals surface area contributed by atoms with Crippen molar-refractivity contribution >= 4 is 29.3 Å². The number of halogens is 2. The van der Waals surface area contributed by atoms with Crippen molar-refractivity contribution in [1.29, 1.82) is 0 Å². The molecule has 0 bridgehead atoms. The van der Waals surface area contributed by atoms with E-state index in [1.807, 2.05) is 24.3 Å². The Bertz CT molecular complexity index is 666. The lowest BCUT2D eigenvalue weighted by atomic mass is 9.90. The second kappa shape index (κ2) is 8.09. The molecule has 132 valence electrons. The summed E-state index contributed by atoms with van der Waals surface area (Å²) in [7, 11) is 0. The third-order valence-corrected chi connectivity index (χ3v) is 5.13. The molecule has 2 aromatic carbocycles. The molecule has 1 aliphatic rings. The van der Waals surface area contributed by atoms with Crippen molar-refractivity contribution in [3.8, 4) is 0 Å². The van der Waals surface area contributed by atoms with Gasteiger partial charge in [-0.1, -0.05) is 47.5 Å². The lowest BCUT2D eigenvalue weighted by molar-refractivity contribution is 0.104. The van der Waals surface area contributed by atoms with E-state index in [0.29, 0.717) is 23.1 Å². The van der Waals surface area contributed by atoms with Gasteiger partial charge in [0.2, 0.25) is 0 Å². The van der Waals surface area contributed by atoms with Crippen molar-refractivity contribution < 1.29 is 9.90 Å². The standard InChI is InChI=1S/C19H20Cl2N2O2/c20-16-5-1-14(2-6-16)18(15-3-7-17(21)8-4-15)13-22-9-11-23(12-10-22)19(24)25/h1-8,18H,9-13H2,(H,24,25). The van der Waals surface area contributed by atoms with E-state index in [0.717, 1.165) is 19.6 Å². The third-order valence-electron chi connectivity index (χ3n) is 4.63. The van der Waals surface area contributed by atoms with Gasteiger partial charge in [-0.05, 0) is 35.4 Å². The molecule has 2 aromatic rings. The Morgan fingerprint density at radius 3 is 1.72 bits per heavy atom. The zero-order valence-corrected chi connectivity index (χ0v) is 15.2. The number of carbonyl (C=O) groups is 1. The number of hydrogen-bond donors (Lipinski definition) is 1. The maximum Gasteiger partial charge on any atom is 0.407 e. The van der Waals surface area contributed by atoms with E-state index in [1.165, 1.54) is 16.0 Å². The average molecular weight is 379 g/mol. The zero-order valence-electron chi connectivity index (χ0n) is 13.7. The minimum Gasteiger partial charge on any atom is -0.465 e. The van der Waals surface area contributed by atoms with E-state index in [-0.39, 0.29) is 5.92 Å². The van der Waals surface area contributed by atoms with Gasteiger partial charge in [0.1, 0.15) is 0 Å². The molecule has 1 aliphatic heterocycles. The van der Waals surface area contributed by atoms with Gasteiger partial charge in [-0.25, -0.2) is 4.79 Å². The van der Waals surface area contributed by atoms with Crippen molar-refractivity contribution in [2.75, 3.05) is 32.7 Å². The number of hydrogen-bond acceptors (Lipinski definition) is 2. The maximum absolute atomic E-state index is 11.1. The second-order valence-electron chi connectivity index (χ2n) is 6.23. The average Bonchev–Trinajstić information content (AvgIpc) is 2.62. The quantitative estimate of drug-likeness (QED) is 0.855. The summed E-state index contributed by atoms with van der Waals surface area (Å²) >= 11 is 12.1. The summed E-state index contributed by atoms with van der Waals surface area (Å²) in [6.45, 7) is 3.40. The molecule has 1 N–H and O–H groups in total. The zero-order chi connectivity index (χ0) is 17.8. The Morgan fingerprint density at radius 2 is 1.32 bits per heavy atom. The molecule has 1 saturated heterocycles. The molecule has 1 amide bonds. The van der Waals surface area contributed by atoms with E-state index in [2.05, 4.69) is 29.2 Å². The number of amides is 1. The van der Waals surface area contributed by atoms with Crippen LogP contribution >= 0.6 is 23.2 Å². The molecule has 3 rings (SSSR count). The van der Waals surface area contributed by atoms with Crippen LogP contribution in [0.4, 0.5) is 4.79 Å². The highest BCUT2D eigenvalue weighted by molar-refractivity contribution is 6.30. The second-order valence-corrected chi connectivity index (χ2v) is 7.10. The van der Waals surface area contributed by atoms with Crippen molar-refractivity contribution in [3.63, 3.8) is 0 Å². The molecule has 25 heavy (non-hydrogen) atoms. The van der Waals surface area contributed by atoms with Crippen LogP contribution in [-0.4, -0.2) is 53.7 Å². The van der Waals surface area contributed by atoms with Crippen molar-refractivity contribution in [1.82, 2.24) is 9.80 Å². The highest BCUT2D eigenvalue weighted by Gasteiger charge is 2.24. The summed E-state index contributed by atoms with van der Waals surface area (Å²) in [5.41, 5.74) is 2.37. The number of piperazine rings is 1. The Labute approximate surface area is 157 Å². The predicted molar refractivity (Wildman–Crippen MR) is 101 cm³/mol. The number of benzene rings is 2. The van der Waals surface area contributed by atoms with Gasteiger partial charge >= 0.3 is 6.09 Å². The molecule has 0 unspecified atom stereocenters. The molecule has 0 radical (unpaired) electrons. The molecule has 0 aromatic heterocycles. The molecular formula is C19H20Cl2N2O2. The SMILES string of the molecule is O=C(O)N1CCN(CC(c2ccc(Cl)cc2)c2ccc(Cl)cc2)CC1. The van der Waals surface area contributed by atoms with Gasteiger partial charge in [0.15, 0.2) is 0 Å². The number of nitrogens with zero attached hydrogens (tertiary/aromatic N) is 2. The van der Waals surface area contributed by atoms with Crippen LogP contribution in [0.3, 0.4) is 0 Å². The van der Waals surface area contributed by atoms with Crippen molar-refractivity contribution in [2.45, 2.75) is 5.92 Å². The van der Waals surface area contributed by atoms with Crippen molar-refractivity contribution in [2.24, 2.45) is 0 Å². The number of carboxylic acid groups (broad SMARTS) is 1. The molecule has 4 nitrogen and oxygen atoms in total. The van der Waals surface area contributed by atoms with Gasteiger partial charge in [0, 0.05) is 48.7 Å². The minimum atomic E-state index is -0.841. The smallest absolute Gasteiger partial charge is 0.407 e. The first-order chi connectivity index (χ1) is 12.0. The highest BCUT2D eigenvalue weighted by Crippen LogP contribution is 2.28. The molecule has 1 fully saturated rings. The van der Waals surface area contributed by atoms with Crippen LogP contribution in [-0.2, 0) is 0 Å². The van der Waals surface area contributed by atoms with E-state index >= 15 is 0 Å². The first-order valence-corrected chi connectivity index (χ1v) is 8.99. The summed E-state index contributed by atoms with van der Waals surface area (Å²) in [6.07, 6.45) is -0.841. The van der Waals surface area contributed by atoms with Gasteiger partial charge in [-0.2, -0.15) is 0 Å². The van der Waals surface area contributed by atoms with Crippen LogP contribution in [0.2, 0.25) is 10.0 Å². The fraction of sp³-hybridized carbons (Fsp3) is 0.316. The van der Waals surface area contributed by atoms with Gasteiger partial charge in [-0.3, -0.25) is 4.90 Å². The normalized spacial score (nSPS) is 15.6. The molecule has 0 spiro atoms. The predicted octanol–water partition coefficient (Wildman–Crippen LogP) is 4.42. The molecule has 0 aliphatic carbocycles. The van der Waals surface area contributed by atoms with E-state index < -0.39 is 6.09 Å². The third kappa shape index (κ3) is 4.66. The molecular weight excluding hydrogens is 359 g/mol. The van der Waals surface area contributed by atoms with E-state index in [1.54, 1.807) is 0 Å². The van der Waals surface area contributed by atoms with Crippen LogP contribution < -0.4 is 0 Å². The Hall–Kier alpha value is -1.75. The molecule has 0 atom stereocenters. The Balaban J connectivity index is 1.78. The van der Waals surface area contributed by atoms with Gasteiger partial charge in [0.25, 0.3) is 0 Å². The van der Waals surface area contributed by atoms with Gasteiger partial charge in [0.05, 0.1) is 0 Å². The monoisotopic (exact) mass is 378 g/mol.